The van der Waals surface area contributed by atoms with E-state index in [0.717, 1.165) is 63.9 Å². The van der Waals surface area contributed by atoms with Crippen LogP contribution in [0, 0.1) is 0 Å². The van der Waals surface area contributed by atoms with Crippen LogP contribution in [0.2, 0.25) is 0 Å². The zero-order chi connectivity index (χ0) is 18.5. The van der Waals surface area contributed by atoms with E-state index in [1.54, 1.807) is 6.07 Å². The number of nitrogens with zero attached hydrogens (tertiary/aromatic N) is 2. The van der Waals surface area contributed by atoms with Crippen molar-refractivity contribution < 1.29 is 13.9 Å². The van der Waals surface area contributed by atoms with Gasteiger partial charge in [-0.25, -0.2) is 0 Å². The lowest BCUT2D eigenvalue weighted by molar-refractivity contribution is 0.0342. The van der Waals surface area contributed by atoms with Crippen LogP contribution >= 0.6 is 0 Å². The lowest BCUT2D eigenvalue weighted by Gasteiger charge is -2.26. The zero-order valence-electron chi connectivity index (χ0n) is 15.7. The summed E-state index contributed by atoms with van der Waals surface area (Å²) in [5.41, 5.74) is 1.98. The van der Waals surface area contributed by atoms with Crippen molar-refractivity contribution in [3.8, 4) is 0 Å². The first-order valence-electron chi connectivity index (χ1n) is 9.78. The van der Waals surface area contributed by atoms with E-state index in [0.29, 0.717) is 5.76 Å². The third-order valence-electron chi connectivity index (χ3n) is 5.16. The predicted molar refractivity (Wildman–Crippen MR) is 104 cm³/mol. The number of furan rings is 1. The highest BCUT2D eigenvalue weighted by Crippen LogP contribution is 2.18. The fourth-order valence-electron chi connectivity index (χ4n) is 3.70. The second-order valence-electron chi connectivity index (χ2n) is 7.29. The normalized spacial score (nSPS) is 18.7. The molecule has 2 saturated heterocycles. The lowest BCUT2D eigenvalue weighted by Crippen LogP contribution is -2.35. The number of amides is 1. The summed E-state index contributed by atoms with van der Waals surface area (Å²) in [5, 5.41) is 2.95. The van der Waals surface area contributed by atoms with Crippen LogP contribution in [0.5, 0.6) is 0 Å². The van der Waals surface area contributed by atoms with E-state index in [-0.39, 0.29) is 5.91 Å². The van der Waals surface area contributed by atoms with Crippen LogP contribution in [-0.2, 0) is 17.8 Å². The minimum Gasteiger partial charge on any atom is -0.455 e. The molecule has 0 spiro atoms. The van der Waals surface area contributed by atoms with Crippen LogP contribution in [0.3, 0.4) is 0 Å². The Labute approximate surface area is 160 Å². The van der Waals surface area contributed by atoms with Crippen molar-refractivity contribution in [1.82, 2.24) is 9.80 Å². The molecule has 1 aromatic carbocycles. The molecule has 1 N–H and O–H groups in total. The molecule has 0 atom stereocenters. The number of benzene rings is 1. The molecule has 1 amide bonds. The summed E-state index contributed by atoms with van der Waals surface area (Å²) in [6.45, 7) is 7.33. The van der Waals surface area contributed by atoms with Crippen LogP contribution in [0.25, 0.3) is 0 Å². The van der Waals surface area contributed by atoms with E-state index in [4.69, 9.17) is 9.15 Å². The lowest BCUT2D eigenvalue weighted by atomic mass is 10.2. The number of rotatable bonds is 6. The molecule has 0 bridgehead atoms. The monoisotopic (exact) mass is 369 g/mol. The van der Waals surface area contributed by atoms with Crippen LogP contribution < -0.4 is 5.32 Å². The molecule has 4 rings (SSSR count). The molecule has 6 nitrogen and oxygen atoms in total. The van der Waals surface area contributed by atoms with Gasteiger partial charge in [-0.05, 0) is 55.8 Å². The van der Waals surface area contributed by atoms with Gasteiger partial charge >= 0.3 is 0 Å². The highest BCUT2D eigenvalue weighted by atomic mass is 16.5. The van der Waals surface area contributed by atoms with Gasteiger partial charge in [-0.3, -0.25) is 14.6 Å². The molecule has 0 unspecified atom stereocenters. The topological polar surface area (TPSA) is 58.0 Å². The Kier molecular flexibility index (Phi) is 5.87. The van der Waals surface area contributed by atoms with Gasteiger partial charge in [0.15, 0.2) is 5.76 Å². The van der Waals surface area contributed by atoms with Crippen LogP contribution in [0.15, 0.2) is 40.8 Å². The number of morpholine rings is 1. The van der Waals surface area contributed by atoms with E-state index in [2.05, 4.69) is 21.2 Å². The minimum absolute atomic E-state index is 0.203. The quantitative estimate of drug-likeness (QED) is 0.848. The Balaban J connectivity index is 1.34. The molecule has 144 valence electrons. The maximum absolute atomic E-state index is 12.5. The number of anilines is 1. The standard InChI is InChI=1S/C21H27N3O3/c25-21(20-7-6-19(27-20)16-23-8-1-2-9-23)22-18-5-3-4-17(14-18)15-24-10-12-26-13-11-24/h3-7,14H,1-2,8-13,15-16H2,(H,22,25). The van der Waals surface area contributed by atoms with Gasteiger partial charge in [-0.15, -0.1) is 0 Å². The van der Waals surface area contributed by atoms with Crippen LogP contribution in [-0.4, -0.2) is 55.1 Å². The Hall–Kier alpha value is -2.15. The number of hydrogen-bond donors (Lipinski definition) is 1. The maximum atomic E-state index is 12.5. The zero-order valence-corrected chi connectivity index (χ0v) is 15.7. The first kappa shape index (κ1) is 18.2. The number of ether oxygens (including phenoxy) is 1. The van der Waals surface area contributed by atoms with E-state index in [1.165, 1.54) is 18.4 Å². The summed E-state index contributed by atoms with van der Waals surface area (Å²) >= 11 is 0. The van der Waals surface area contributed by atoms with Gasteiger partial charge in [0, 0.05) is 25.3 Å². The molecule has 0 radical (unpaired) electrons. The van der Waals surface area contributed by atoms with Gasteiger partial charge in [0.1, 0.15) is 5.76 Å². The summed E-state index contributed by atoms with van der Waals surface area (Å²) in [5.74, 6) is 1.01. The van der Waals surface area contributed by atoms with Gasteiger partial charge in [0.25, 0.3) is 5.91 Å². The van der Waals surface area contributed by atoms with Crippen molar-refractivity contribution in [3.63, 3.8) is 0 Å². The summed E-state index contributed by atoms with van der Waals surface area (Å²) in [6.07, 6.45) is 2.49. The van der Waals surface area contributed by atoms with Gasteiger partial charge in [-0.2, -0.15) is 0 Å². The molecular formula is C21H27N3O3. The number of nitrogens with one attached hydrogen (secondary N) is 1. The summed E-state index contributed by atoms with van der Waals surface area (Å²) < 4.78 is 11.1. The molecule has 2 fully saturated rings. The van der Waals surface area contributed by atoms with Crippen LogP contribution in [0.4, 0.5) is 5.69 Å². The molecule has 27 heavy (non-hydrogen) atoms. The third-order valence-corrected chi connectivity index (χ3v) is 5.16. The fourth-order valence-corrected chi connectivity index (χ4v) is 3.70. The smallest absolute Gasteiger partial charge is 0.291 e. The largest absolute Gasteiger partial charge is 0.455 e. The Bertz CT molecular complexity index is 762. The highest BCUT2D eigenvalue weighted by molar-refractivity contribution is 6.02. The van der Waals surface area contributed by atoms with Crippen molar-refractivity contribution in [2.24, 2.45) is 0 Å². The minimum atomic E-state index is -0.203. The van der Waals surface area contributed by atoms with Gasteiger partial charge < -0.3 is 14.5 Å². The molecule has 0 aliphatic carbocycles. The average Bonchev–Trinajstić information content (AvgIpc) is 3.35. The third kappa shape index (κ3) is 4.97. The maximum Gasteiger partial charge on any atom is 0.291 e. The number of carbonyl (C=O) groups excluding carboxylic acids is 1. The van der Waals surface area contributed by atoms with Crippen molar-refractivity contribution in [2.75, 3.05) is 44.7 Å². The van der Waals surface area contributed by atoms with Gasteiger partial charge in [0.2, 0.25) is 0 Å². The molecule has 1 aromatic heterocycles. The first-order valence-corrected chi connectivity index (χ1v) is 9.78. The Morgan fingerprint density at radius 1 is 0.963 bits per heavy atom. The number of hydrogen-bond acceptors (Lipinski definition) is 5. The van der Waals surface area contributed by atoms with E-state index >= 15 is 0 Å². The van der Waals surface area contributed by atoms with E-state index in [1.807, 2.05) is 24.3 Å². The Morgan fingerprint density at radius 3 is 2.56 bits per heavy atom. The van der Waals surface area contributed by atoms with Crippen molar-refractivity contribution in [2.45, 2.75) is 25.9 Å². The molecule has 2 aliphatic heterocycles. The van der Waals surface area contributed by atoms with Gasteiger partial charge in [-0.1, -0.05) is 12.1 Å². The number of likely N-dealkylation sites (tertiary alicyclic amines) is 1. The molecule has 2 aliphatic rings. The summed E-state index contributed by atoms with van der Waals surface area (Å²) in [7, 11) is 0. The Morgan fingerprint density at radius 2 is 1.74 bits per heavy atom. The summed E-state index contributed by atoms with van der Waals surface area (Å²) in [6, 6.07) is 11.7. The van der Waals surface area contributed by atoms with E-state index in [9.17, 15) is 4.79 Å². The second-order valence-corrected chi connectivity index (χ2v) is 7.29. The SMILES string of the molecule is O=C(Nc1cccc(CN2CCOCC2)c1)c1ccc(CN2CCCC2)o1. The van der Waals surface area contributed by atoms with Gasteiger partial charge in [0.05, 0.1) is 19.8 Å². The summed E-state index contributed by atoms with van der Waals surface area (Å²) in [4.78, 5) is 17.2. The van der Waals surface area contributed by atoms with Crippen molar-refractivity contribution in [1.29, 1.82) is 0 Å². The van der Waals surface area contributed by atoms with Crippen molar-refractivity contribution in [3.05, 3.63) is 53.5 Å². The fraction of sp³-hybridized carbons (Fsp3) is 0.476. The van der Waals surface area contributed by atoms with E-state index < -0.39 is 0 Å². The molecular weight excluding hydrogens is 342 g/mol. The molecule has 2 aromatic rings. The van der Waals surface area contributed by atoms with Crippen LogP contribution in [0.1, 0.15) is 34.7 Å². The second kappa shape index (κ2) is 8.69. The first-order chi connectivity index (χ1) is 13.3. The molecule has 3 heterocycles. The number of carbonyl (C=O) groups is 1. The molecule has 0 saturated carbocycles. The van der Waals surface area contributed by atoms with Crippen molar-refractivity contribution >= 4 is 11.6 Å². The molecule has 6 heteroatoms. The average molecular weight is 369 g/mol. The predicted octanol–water partition coefficient (Wildman–Crippen LogP) is 2.96. The highest BCUT2D eigenvalue weighted by Gasteiger charge is 2.16.